The second-order valence-corrected chi connectivity index (χ2v) is 30.0. The van der Waals surface area contributed by atoms with Gasteiger partial charge in [-0.1, -0.05) is 319 Å². The van der Waals surface area contributed by atoms with E-state index >= 15 is 0 Å². The third-order valence-electron chi connectivity index (χ3n) is 22.8. The van der Waals surface area contributed by atoms with Gasteiger partial charge in [0.15, 0.2) is 0 Å². The van der Waals surface area contributed by atoms with E-state index < -0.39 is 0 Å². The molecular formula is C106H80N4. The van der Waals surface area contributed by atoms with Crippen molar-refractivity contribution in [3.8, 4) is 101 Å². The average molecular weight is 1410 g/mol. The molecule has 0 unspecified atom stereocenters. The lowest BCUT2D eigenvalue weighted by Gasteiger charge is -2.26. The molecule has 20 rings (SSSR count). The topological polar surface area (TPSA) is 16.3 Å². The predicted octanol–water partition coefficient (Wildman–Crippen LogP) is 28.8. The molecule has 4 nitrogen and oxygen atoms in total. The summed E-state index contributed by atoms with van der Waals surface area (Å²) in [7, 11) is 0. The van der Waals surface area contributed by atoms with Crippen LogP contribution in [0.1, 0.15) is 49.9 Å². The van der Waals surface area contributed by atoms with Gasteiger partial charge in [-0.25, -0.2) is 0 Å². The Bertz CT molecular complexity index is 6260. The van der Waals surface area contributed by atoms with Crippen LogP contribution in [-0.2, 0) is 10.8 Å². The third-order valence-corrected chi connectivity index (χ3v) is 22.8. The maximum Gasteiger partial charge on any atom is 0.0584 e. The standard InChI is InChI=1S/2C53H40N2/c1-53(2)49-21-13-12-20-47(49)52-51(53)48-36-42(28-35-50(48)55(52)43-18-10-5-11-19-43)41-26-33-46(34-27-41)54(44-29-22-39(23-30-44)37-14-6-3-7-15-37)45-31-24-40(25-32-45)38-16-8-4-9-17-38;1-53(2)49-21-13-12-20-47(49)52-51(53)48-36-42(30-35-50(48)55(52)44-18-10-5-11-19-44)41-28-33-46(34-29-41)54(43-16-8-4-9-17-43)45-31-26-40(27-32-45)39-24-22-38(23-25-39)37-14-6-3-7-15-37/h2*3-36H,1-2H3. The van der Waals surface area contributed by atoms with E-state index in [1.54, 1.807) is 0 Å². The molecular weight excluding hydrogens is 1330 g/mol. The number of para-hydroxylation sites is 3. The van der Waals surface area contributed by atoms with Crippen molar-refractivity contribution in [3.05, 3.63) is 435 Å². The van der Waals surface area contributed by atoms with Gasteiger partial charge in [0.05, 0.1) is 22.4 Å². The van der Waals surface area contributed by atoms with Crippen molar-refractivity contribution in [2.75, 3.05) is 9.80 Å². The Kier molecular flexibility index (Phi) is 16.9. The molecule has 2 aromatic heterocycles. The van der Waals surface area contributed by atoms with E-state index in [2.05, 4.69) is 459 Å². The normalized spacial score (nSPS) is 12.7. The number of hydrogen-bond donors (Lipinski definition) is 0. The van der Waals surface area contributed by atoms with Crippen molar-refractivity contribution in [3.63, 3.8) is 0 Å². The molecule has 524 valence electrons. The number of rotatable bonds is 14. The first-order valence-electron chi connectivity index (χ1n) is 38.2. The second-order valence-electron chi connectivity index (χ2n) is 30.0. The quantitative estimate of drug-likeness (QED) is 0.108. The highest BCUT2D eigenvalue weighted by Gasteiger charge is 2.42. The maximum absolute atomic E-state index is 2.47. The molecule has 0 aliphatic heterocycles. The van der Waals surface area contributed by atoms with E-state index in [1.807, 2.05) is 0 Å². The van der Waals surface area contributed by atoms with Crippen LogP contribution in [0, 0.1) is 0 Å². The zero-order chi connectivity index (χ0) is 73.9. The minimum absolute atomic E-state index is 0.121. The Morgan fingerprint density at radius 3 is 0.718 bits per heavy atom. The van der Waals surface area contributed by atoms with E-state index in [9.17, 15) is 0 Å². The fourth-order valence-corrected chi connectivity index (χ4v) is 17.4. The molecule has 16 aromatic carbocycles. The van der Waals surface area contributed by atoms with Crippen molar-refractivity contribution in [2.45, 2.75) is 38.5 Å². The van der Waals surface area contributed by atoms with Gasteiger partial charge in [0, 0.05) is 78.2 Å². The summed E-state index contributed by atoms with van der Waals surface area (Å²) in [5.41, 5.74) is 36.6. The summed E-state index contributed by atoms with van der Waals surface area (Å²) in [5, 5.41) is 2.61. The zero-order valence-electron chi connectivity index (χ0n) is 62.0. The Balaban J connectivity index is 0.000000149. The molecule has 18 aromatic rings. The van der Waals surface area contributed by atoms with E-state index in [1.165, 1.54) is 145 Å². The molecule has 4 heteroatoms. The molecule has 0 bridgehead atoms. The Hall–Kier alpha value is -13.8. The van der Waals surface area contributed by atoms with Gasteiger partial charge in [0.1, 0.15) is 0 Å². The number of hydrogen-bond acceptors (Lipinski definition) is 2. The first-order chi connectivity index (χ1) is 54.1. The number of fused-ring (bicyclic) bond motifs is 10. The van der Waals surface area contributed by atoms with Crippen LogP contribution in [0.4, 0.5) is 34.1 Å². The van der Waals surface area contributed by atoms with Gasteiger partial charge >= 0.3 is 0 Å². The summed E-state index contributed by atoms with van der Waals surface area (Å²) in [4.78, 5) is 4.69. The van der Waals surface area contributed by atoms with Crippen LogP contribution in [0.3, 0.4) is 0 Å². The van der Waals surface area contributed by atoms with E-state index in [-0.39, 0.29) is 10.8 Å². The van der Waals surface area contributed by atoms with Crippen LogP contribution >= 0.6 is 0 Å². The van der Waals surface area contributed by atoms with Gasteiger partial charge in [-0.3, -0.25) is 0 Å². The monoisotopic (exact) mass is 1410 g/mol. The highest BCUT2D eigenvalue weighted by Crippen LogP contribution is 2.56. The Morgan fingerprint density at radius 2 is 0.418 bits per heavy atom. The van der Waals surface area contributed by atoms with Crippen LogP contribution in [-0.4, -0.2) is 9.13 Å². The first kappa shape index (κ1) is 66.9. The highest BCUT2D eigenvalue weighted by molar-refractivity contribution is 6.03. The molecule has 0 spiro atoms. The molecule has 0 N–H and O–H groups in total. The van der Waals surface area contributed by atoms with Crippen LogP contribution < -0.4 is 9.80 Å². The average Bonchev–Trinajstić information content (AvgIpc) is 1.54. The van der Waals surface area contributed by atoms with E-state index in [4.69, 9.17) is 0 Å². The maximum atomic E-state index is 2.47. The van der Waals surface area contributed by atoms with Gasteiger partial charge in [0.25, 0.3) is 0 Å². The number of anilines is 6. The van der Waals surface area contributed by atoms with Crippen molar-refractivity contribution in [1.29, 1.82) is 0 Å². The Morgan fingerprint density at radius 1 is 0.200 bits per heavy atom. The Labute approximate surface area is 644 Å². The van der Waals surface area contributed by atoms with Crippen molar-refractivity contribution in [2.24, 2.45) is 0 Å². The van der Waals surface area contributed by atoms with Gasteiger partial charge in [-0.05, 0) is 210 Å². The molecule has 0 amide bonds. The zero-order valence-corrected chi connectivity index (χ0v) is 62.0. The van der Waals surface area contributed by atoms with Crippen LogP contribution in [0.15, 0.2) is 413 Å². The molecule has 0 atom stereocenters. The largest absolute Gasteiger partial charge is 0.311 e. The van der Waals surface area contributed by atoms with Crippen LogP contribution in [0.5, 0.6) is 0 Å². The fraction of sp³-hybridized carbons (Fsp3) is 0.0566. The summed E-state index contributed by atoms with van der Waals surface area (Å²) >= 11 is 0. The predicted molar refractivity (Wildman–Crippen MR) is 464 cm³/mol. The summed E-state index contributed by atoms with van der Waals surface area (Å²) in [6.07, 6.45) is 0. The molecule has 2 aliphatic carbocycles. The number of nitrogens with zero attached hydrogens (tertiary/aromatic N) is 4. The van der Waals surface area contributed by atoms with E-state index in [0.717, 1.165) is 34.1 Å². The minimum Gasteiger partial charge on any atom is -0.311 e. The summed E-state index contributed by atoms with van der Waals surface area (Å²) in [6.45, 7) is 9.50. The third kappa shape index (κ3) is 11.9. The molecule has 2 aliphatic rings. The summed E-state index contributed by atoms with van der Waals surface area (Å²) < 4.78 is 4.93. The summed E-state index contributed by atoms with van der Waals surface area (Å²) in [5.74, 6) is 0. The lowest BCUT2D eigenvalue weighted by atomic mass is 9.81. The first-order valence-corrected chi connectivity index (χ1v) is 38.2. The van der Waals surface area contributed by atoms with E-state index in [0.29, 0.717) is 0 Å². The van der Waals surface area contributed by atoms with Crippen molar-refractivity contribution >= 4 is 55.9 Å². The molecule has 0 saturated heterocycles. The minimum atomic E-state index is -0.126. The lowest BCUT2D eigenvalue weighted by Crippen LogP contribution is -2.14. The molecule has 2 heterocycles. The van der Waals surface area contributed by atoms with Gasteiger partial charge < -0.3 is 18.9 Å². The number of benzene rings is 16. The fourth-order valence-electron chi connectivity index (χ4n) is 17.4. The van der Waals surface area contributed by atoms with Gasteiger partial charge in [-0.15, -0.1) is 0 Å². The van der Waals surface area contributed by atoms with Crippen LogP contribution in [0.2, 0.25) is 0 Å². The molecule has 110 heavy (non-hydrogen) atoms. The molecule has 0 radical (unpaired) electrons. The summed E-state index contributed by atoms with van der Waals surface area (Å²) in [6, 6.07) is 149. The van der Waals surface area contributed by atoms with Gasteiger partial charge in [-0.2, -0.15) is 0 Å². The van der Waals surface area contributed by atoms with Crippen molar-refractivity contribution in [1.82, 2.24) is 9.13 Å². The lowest BCUT2D eigenvalue weighted by molar-refractivity contribution is 0.666. The second kappa shape index (κ2) is 27.8. The molecule has 0 saturated carbocycles. The highest BCUT2D eigenvalue weighted by atomic mass is 15.1. The SMILES string of the molecule is CC1(C)c2ccccc2-c2c1c1cc(-c3ccc(N(c4ccc(-c5ccccc5)cc4)c4ccc(-c5ccccc5)cc4)cc3)ccc1n2-c1ccccc1.CC1(C)c2ccccc2-c2c1c1cc(-c3ccc(N(c4ccccc4)c4ccc(-c5ccc(-c6ccccc6)cc5)cc4)cc3)ccc1n2-c1ccccc1. The van der Waals surface area contributed by atoms with Crippen LogP contribution in [0.25, 0.3) is 122 Å². The van der Waals surface area contributed by atoms with Crippen molar-refractivity contribution < 1.29 is 0 Å². The number of aromatic nitrogens is 2. The van der Waals surface area contributed by atoms with Gasteiger partial charge in [0.2, 0.25) is 0 Å². The smallest absolute Gasteiger partial charge is 0.0584 e. The molecule has 0 fully saturated rings.